The Balaban J connectivity index is 1.16. The van der Waals surface area contributed by atoms with Crippen LogP contribution >= 0.6 is 0 Å². The fourth-order valence-electron chi connectivity index (χ4n) is 10.3. The molecule has 57 heavy (non-hydrogen) atoms. The Labute approximate surface area is 324 Å². The number of hydrogen-bond donors (Lipinski definition) is 0. The maximum absolute atomic E-state index is 5.29. The van der Waals surface area contributed by atoms with E-state index in [-0.39, 0.29) is 0 Å². The molecule has 0 fully saturated rings. The first-order chi connectivity index (χ1) is 28.3. The molecule has 14 rings (SSSR count). The first-order valence-corrected chi connectivity index (χ1v) is 19.5. The minimum atomic E-state index is 0.819. The Morgan fingerprint density at radius 2 is 0.789 bits per heavy atom. The van der Waals surface area contributed by atoms with Gasteiger partial charge in [-0.15, -0.1) is 10.2 Å². The number of hydrogen-bond acceptors (Lipinski definition) is 2. The van der Waals surface area contributed by atoms with Gasteiger partial charge in [0.25, 0.3) is 0 Å². The first kappa shape index (κ1) is 29.6. The molecular weight excluding hydrogens is 695 g/mol. The molecule has 0 unspecified atom stereocenters. The van der Waals surface area contributed by atoms with Gasteiger partial charge in [-0.3, -0.25) is 9.13 Å². The second-order valence-corrected chi connectivity index (χ2v) is 15.4. The lowest BCUT2D eigenvalue weighted by molar-refractivity contribution is 0.930. The molecule has 0 bridgehead atoms. The molecule has 0 saturated heterocycles. The van der Waals surface area contributed by atoms with Crippen molar-refractivity contribution in [3.8, 4) is 11.6 Å². The van der Waals surface area contributed by atoms with Gasteiger partial charge in [-0.1, -0.05) is 146 Å². The summed E-state index contributed by atoms with van der Waals surface area (Å²) in [6.07, 6.45) is 0. The number of benzene rings is 9. The average Bonchev–Trinajstić information content (AvgIpc) is 4.00. The van der Waals surface area contributed by atoms with Gasteiger partial charge in [0.05, 0.1) is 38.6 Å². The SMILES string of the molecule is c1ccc2c(c1)ccc1c2c2ccccc2n1-c1nnc(-n2c3ccccc3c3cc4c5ccccc5n5c6c7ccccc7ccc6c(c32)c45)c2ccccc12. The molecule has 0 aliphatic heterocycles. The predicted molar refractivity (Wildman–Crippen MR) is 238 cm³/mol. The normalized spacial score (nSPS) is 12.6. The van der Waals surface area contributed by atoms with Crippen LogP contribution in [0.1, 0.15) is 0 Å². The summed E-state index contributed by atoms with van der Waals surface area (Å²) in [7, 11) is 0. The van der Waals surface area contributed by atoms with Gasteiger partial charge in [-0.25, -0.2) is 0 Å². The molecule has 0 aliphatic carbocycles. The van der Waals surface area contributed by atoms with Crippen LogP contribution in [0.3, 0.4) is 0 Å². The Morgan fingerprint density at radius 3 is 1.53 bits per heavy atom. The zero-order chi connectivity index (χ0) is 36.9. The van der Waals surface area contributed by atoms with Crippen molar-refractivity contribution in [2.45, 2.75) is 0 Å². The molecule has 0 aliphatic rings. The zero-order valence-electron chi connectivity index (χ0n) is 30.5. The lowest BCUT2D eigenvalue weighted by Gasteiger charge is -2.15. The van der Waals surface area contributed by atoms with E-state index >= 15 is 0 Å². The number of aromatic nitrogens is 5. The number of rotatable bonds is 2. The van der Waals surface area contributed by atoms with Crippen molar-refractivity contribution in [2.75, 3.05) is 0 Å². The Bertz CT molecular complexity index is 4050. The van der Waals surface area contributed by atoms with Crippen LogP contribution in [0.15, 0.2) is 176 Å². The maximum Gasteiger partial charge on any atom is 0.168 e. The van der Waals surface area contributed by atoms with Gasteiger partial charge >= 0.3 is 0 Å². The average molecular weight is 724 g/mol. The molecule has 5 heterocycles. The number of para-hydroxylation sites is 3. The molecule has 0 atom stereocenters. The Hall–Kier alpha value is -7.76. The Morgan fingerprint density at radius 1 is 0.281 bits per heavy atom. The summed E-state index contributed by atoms with van der Waals surface area (Å²) in [6.45, 7) is 0. The second kappa shape index (κ2) is 10.5. The van der Waals surface area contributed by atoms with Crippen LogP contribution in [0.2, 0.25) is 0 Å². The van der Waals surface area contributed by atoms with Crippen LogP contribution in [0.25, 0.3) is 126 Å². The summed E-state index contributed by atoms with van der Waals surface area (Å²) in [5, 5.41) is 27.4. The highest BCUT2D eigenvalue weighted by atomic mass is 15.3. The summed E-state index contributed by atoms with van der Waals surface area (Å²) in [4.78, 5) is 0. The molecule has 0 saturated carbocycles. The Kier molecular flexibility index (Phi) is 5.45. The van der Waals surface area contributed by atoms with Crippen molar-refractivity contribution in [2.24, 2.45) is 0 Å². The lowest BCUT2D eigenvalue weighted by Crippen LogP contribution is -2.06. The van der Waals surface area contributed by atoms with Gasteiger partial charge in [-0.05, 0) is 46.5 Å². The largest absolute Gasteiger partial charge is 0.307 e. The second-order valence-electron chi connectivity index (χ2n) is 15.4. The molecule has 5 aromatic heterocycles. The molecule has 0 spiro atoms. The first-order valence-electron chi connectivity index (χ1n) is 19.5. The smallest absolute Gasteiger partial charge is 0.168 e. The van der Waals surface area contributed by atoms with E-state index in [0.29, 0.717) is 0 Å². The van der Waals surface area contributed by atoms with Gasteiger partial charge in [0, 0.05) is 59.2 Å². The molecule has 262 valence electrons. The minimum absolute atomic E-state index is 0.819. The van der Waals surface area contributed by atoms with Crippen LogP contribution in [-0.4, -0.2) is 23.7 Å². The number of nitrogens with zero attached hydrogens (tertiary/aromatic N) is 5. The lowest BCUT2D eigenvalue weighted by atomic mass is 10.0. The topological polar surface area (TPSA) is 40.0 Å². The monoisotopic (exact) mass is 723 g/mol. The van der Waals surface area contributed by atoms with E-state index in [9.17, 15) is 0 Å². The summed E-state index contributed by atoms with van der Waals surface area (Å²) >= 11 is 0. The summed E-state index contributed by atoms with van der Waals surface area (Å²) in [5.41, 5.74) is 8.19. The van der Waals surface area contributed by atoms with Gasteiger partial charge in [0.1, 0.15) is 0 Å². The van der Waals surface area contributed by atoms with Gasteiger partial charge in [0.2, 0.25) is 0 Å². The van der Waals surface area contributed by atoms with Crippen molar-refractivity contribution in [1.82, 2.24) is 23.7 Å². The fourth-order valence-corrected chi connectivity index (χ4v) is 10.3. The van der Waals surface area contributed by atoms with Gasteiger partial charge < -0.3 is 4.40 Å². The summed E-state index contributed by atoms with van der Waals surface area (Å²) in [5.74, 6) is 1.64. The van der Waals surface area contributed by atoms with Crippen molar-refractivity contribution in [1.29, 1.82) is 0 Å². The molecule has 0 N–H and O–H groups in total. The minimum Gasteiger partial charge on any atom is -0.307 e. The van der Waals surface area contributed by atoms with Crippen LogP contribution in [0.4, 0.5) is 0 Å². The van der Waals surface area contributed by atoms with E-state index < -0.39 is 0 Å². The molecule has 0 amide bonds. The third-order valence-electron chi connectivity index (χ3n) is 12.6. The fraction of sp³-hybridized carbons (Fsp3) is 0. The summed E-state index contributed by atoms with van der Waals surface area (Å²) in [6, 6.07) is 63.9. The maximum atomic E-state index is 5.29. The van der Waals surface area contributed by atoms with Crippen LogP contribution in [-0.2, 0) is 0 Å². The van der Waals surface area contributed by atoms with E-state index in [4.69, 9.17) is 10.2 Å². The molecular formula is C52H29N5. The van der Waals surface area contributed by atoms with Crippen LogP contribution in [0, 0.1) is 0 Å². The quantitative estimate of drug-likeness (QED) is 0.178. The molecule has 0 radical (unpaired) electrons. The third kappa shape index (κ3) is 3.60. The summed E-state index contributed by atoms with van der Waals surface area (Å²) < 4.78 is 7.22. The van der Waals surface area contributed by atoms with Crippen LogP contribution in [0.5, 0.6) is 0 Å². The number of fused-ring (bicyclic) bond motifs is 18. The van der Waals surface area contributed by atoms with Gasteiger partial charge in [-0.2, -0.15) is 0 Å². The van der Waals surface area contributed by atoms with Gasteiger partial charge in [0.15, 0.2) is 11.6 Å². The third-order valence-corrected chi connectivity index (χ3v) is 12.6. The van der Waals surface area contributed by atoms with E-state index in [1.165, 1.54) is 81.2 Å². The highest BCUT2D eigenvalue weighted by Gasteiger charge is 2.27. The van der Waals surface area contributed by atoms with Crippen molar-refractivity contribution < 1.29 is 0 Å². The van der Waals surface area contributed by atoms with Crippen LogP contribution < -0.4 is 0 Å². The molecule has 9 aromatic carbocycles. The van der Waals surface area contributed by atoms with E-state index in [0.717, 1.165) is 44.5 Å². The standard InChI is InChI=1S/C52H29N5/c1-3-15-32-30(13-1)26-28-45-46(32)38-21-9-12-24-44(38)55(45)51-36-19-5-6-20-37(36)52(54-53-51)57-43-23-11-8-18-35(43)41-29-40-34-17-7-10-22-42(34)56-48-33-16-4-2-14-31(33)25-27-39(48)47(49(40)56)50(41)57/h1-29H. The molecule has 5 heteroatoms. The van der Waals surface area contributed by atoms with Crippen molar-refractivity contribution in [3.63, 3.8) is 0 Å². The molecule has 5 nitrogen and oxygen atoms in total. The highest BCUT2D eigenvalue weighted by Crippen LogP contribution is 2.48. The van der Waals surface area contributed by atoms with E-state index in [1.807, 2.05) is 0 Å². The van der Waals surface area contributed by atoms with Crippen molar-refractivity contribution >= 4 is 114 Å². The highest BCUT2D eigenvalue weighted by molar-refractivity contribution is 6.36. The van der Waals surface area contributed by atoms with E-state index in [1.54, 1.807) is 0 Å². The molecule has 14 aromatic rings. The van der Waals surface area contributed by atoms with E-state index in [2.05, 4.69) is 189 Å². The zero-order valence-corrected chi connectivity index (χ0v) is 30.5. The van der Waals surface area contributed by atoms with Crippen molar-refractivity contribution in [3.05, 3.63) is 176 Å². The predicted octanol–water partition coefficient (Wildman–Crippen LogP) is 13.3.